The first-order valence-electron chi connectivity index (χ1n) is 9.83. The fraction of sp³-hybridized carbons (Fsp3) is 0.125. The highest BCUT2D eigenvalue weighted by molar-refractivity contribution is 7.91. The molecule has 6 nitrogen and oxygen atoms in total. The lowest BCUT2D eigenvalue weighted by Gasteiger charge is -2.07. The van der Waals surface area contributed by atoms with Gasteiger partial charge in [-0.2, -0.15) is 4.98 Å². The number of nitrogens with zero attached hydrogens (tertiary/aromatic N) is 1. The molecule has 0 bridgehead atoms. The van der Waals surface area contributed by atoms with Crippen molar-refractivity contribution in [2.45, 2.75) is 23.4 Å². The van der Waals surface area contributed by atoms with Crippen molar-refractivity contribution in [1.29, 1.82) is 0 Å². The largest absolute Gasteiger partial charge is 0.497 e. The van der Waals surface area contributed by atoms with Gasteiger partial charge in [0.25, 0.3) is 0 Å². The standard InChI is InChI=1S/C24H21FN2O4S/c1-16-7-13-19(14-8-16)32(28,29)24-23(26-15-17-9-11-18(30-2)12-10-17)31-22(27-24)20-5-3-4-6-21(20)25/h3-14,26H,15H2,1-2H3. The molecule has 1 N–H and O–H groups in total. The zero-order chi connectivity index (χ0) is 22.7. The van der Waals surface area contributed by atoms with Crippen LogP contribution in [0.25, 0.3) is 11.5 Å². The van der Waals surface area contributed by atoms with E-state index in [1.807, 2.05) is 19.1 Å². The molecule has 0 saturated carbocycles. The van der Waals surface area contributed by atoms with Crippen molar-refractivity contribution in [2.24, 2.45) is 0 Å². The predicted molar refractivity (Wildman–Crippen MR) is 119 cm³/mol. The van der Waals surface area contributed by atoms with Crippen LogP contribution >= 0.6 is 0 Å². The first-order chi connectivity index (χ1) is 15.4. The van der Waals surface area contributed by atoms with Crippen LogP contribution in [-0.2, 0) is 16.4 Å². The molecular formula is C24H21FN2O4S. The minimum atomic E-state index is -4.01. The number of benzene rings is 3. The molecule has 164 valence electrons. The second-order valence-electron chi connectivity index (χ2n) is 7.15. The van der Waals surface area contributed by atoms with Gasteiger partial charge in [0, 0.05) is 6.54 Å². The fourth-order valence-electron chi connectivity index (χ4n) is 3.10. The quantitative estimate of drug-likeness (QED) is 0.413. The number of sulfone groups is 1. The highest BCUT2D eigenvalue weighted by Gasteiger charge is 2.29. The Kier molecular flexibility index (Phi) is 5.96. The molecule has 0 aliphatic heterocycles. The van der Waals surface area contributed by atoms with Crippen molar-refractivity contribution in [3.05, 3.63) is 89.7 Å². The highest BCUT2D eigenvalue weighted by Crippen LogP contribution is 2.33. The van der Waals surface area contributed by atoms with Crippen LogP contribution in [0, 0.1) is 12.7 Å². The molecule has 0 aliphatic carbocycles. The van der Waals surface area contributed by atoms with E-state index in [-0.39, 0.29) is 33.8 Å². The minimum absolute atomic E-state index is 0.0559. The van der Waals surface area contributed by atoms with Crippen molar-refractivity contribution in [2.75, 3.05) is 12.4 Å². The molecule has 3 aromatic carbocycles. The molecule has 4 aromatic rings. The number of aromatic nitrogens is 1. The van der Waals surface area contributed by atoms with Gasteiger partial charge >= 0.3 is 0 Å². The third kappa shape index (κ3) is 4.36. The average Bonchev–Trinajstić information content (AvgIpc) is 3.23. The Balaban J connectivity index is 1.74. The van der Waals surface area contributed by atoms with Crippen LogP contribution in [0.4, 0.5) is 10.3 Å². The Labute approximate surface area is 185 Å². The summed E-state index contributed by atoms with van der Waals surface area (Å²) in [5.41, 5.74) is 1.87. The average molecular weight is 453 g/mol. The van der Waals surface area contributed by atoms with Crippen LogP contribution in [0.2, 0.25) is 0 Å². The van der Waals surface area contributed by atoms with Gasteiger partial charge in [-0.1, -0.05) is 42.0 Å². The summed E-state index contributed by atoms with van der Waals surface area (Å²) in [7, 11) is -2.43. The second kappa shape index (κ2) is 8.84. The van der Waals surface area contributed by atoms with Crippen molar-refractivity contribution in [3.63, 3.8) is 0 Å². The Hall–Kier alpha value is -3.65. The van der Waals surface area contributed by atoms with E-state index in [4.69, 9.17) is 9.15 Å². The number of nitrogens with one attached hydrogen (secondary N) is 1. The van der Waals surface area contributed by atoms with E-state index >= 15 is 0 Å². The normalized spacial score (nSPS) is 11.3. The Morgan fingerprint density at radius 2 is 1.69 bits per heavy atom. The van der Waals surface area contributed by atoms with E-state index in [2.05, 4.69) is 10.3 Å². The molecular weight excluding hydrogens is 431 g/mol. The van der Waals surface area contributed by atoms with Crippen LogP contribution in [0.1, 0.15) is 11.1 Å². The van der Waals surface area contributed by atoms with Gasteiger partial charge in [-0.05, 0) is 48.9 Å². The lowest BCUT2D eigenvalue weighted by atomic mass is 10.2. The molecule has 0 unspecified atom stereocenters. The lowest BCUT2D eigenvalue weighted by Crippen LogP contribution is -2.07. The van der Waals surface area contributed by atoms with Crippen LogP contribution < -0.4 is 10.1 Å². The van der Waals surface area contributed by atoms with Crippen molar-refractivity contribution in [1.82, 2.24) is 4.98 Å². The maximum atomic E-state index is 14.3. The second-order valence-corrected chi connectivity index (χ2v) is 9.02. The van der Waals surface area contributed by atoms with E-state index in [1.54, 1.807) is 37.4 Å². The number of hydrogen-bond donors (Lipinski definition) is 1. The molecule has 1 heterocycles. The molecule has 0 fully saturated rings. The topological polar surface area (TPSA) is 81.4 Å². The van der Waals surface area contributed by atoms with Gasteiger partial charge in [0.1, 0.15) is 11.6 Å². The van der Waals surface area contributed by atoms with Crippen molar-refractivity contribution < 1.29 is 22.0 Å². The molecule has 0 saturated heterocycles. The Bertz CT molecular complexity index is 1330. The van der Waals surface area contributed by atoms with E-state index < -0.39 is 15.7 Å². The van der Waals surface area contributed by atoms with E-state index in [0.717, 1.165) is 11.1 Å². The fourth-order valence-corrected chi connectivity index (χ4v) is 4.38. The molecule has 8 heteroatoms. The Morgan fingerprint density at radius 1 is 1.00 bits per heavy atom. The number of ether oxygens (including phenoxy) is 1. The van der Waals surface area contributed by atoms with E-state index in [9.17, 15) is 12.8 Å². The summed E-state index contributed by atoms with van der Waals surface area (Å²) in [6.07, 6.45) is 0. The van der Waals surface area contributed by atoms with Crippen LogP contribution in [0.5, 0.6) is 5.75 Å². The number of halogens is 1. The maximum Gasteiger partial charge on any atom is 0.234 e. The molecule has 4 rings (SSSR count). The van der Waals surface area contributed by atoms with E-state index in [1.165, 1.54) is 30.3 Å². The maximum absolute atomic E-state index is 14.3. The molecule has 0 radical (unpaired) electrons. The molecule has 0 aliphatic rings. The van der Waals surface area contributed by atoms with Gasteiger partial charge in [-0.15, -0.1) is 0 Å². The summed E-state index contributed by atoms with van der Waals surface area (Å²) in [5, 5.41) is 2.69. The molecule has 0 amide bonds. The summed E-state index contributed by atoms with van der Waals surface area (Å²) in [4.78, 5) is 4.25. The van der Waals surface area contributed by atoms with Crippen LogP contribution in [0.3, 0.4) is 0 Å². The molecule has 0 atom stereocenters. The van der Waals surface area contributed by atoms with Gasteiger partial charge in [0.2, 0.25) is 26.6 Å². The van der Waals surface area contributed by atoms with Gasteiger partial charge in [-0.25, -0.2) is 12.8 Å². The minimum Gasteiger partial charge on any atom is -0.497 e. The number of methoxy groups -OCH3 is 1. The highest BCUT2D eigenvalue weighted by atomic mass is 32.2. The first-order valence-corrected chi connectivity index (χ1v) is 11.3. The SMILES string of the molecule is COc1ccc(CNc2oc(-c3ccccc3F)nc2S(=O)(=O)c2ccc(C)cc2)cc1. The van der Waals surface area contributed by atoms with Gasteiger partial charge in [-0.3, -0.25) is 0 Å². The van der Waals surface area contributed by atoms with E-state index in [0.29, 0.717) is 5.75 Å². The number of rotatable bonds is 7. The molecule has 0 spiro atoms. The smallest absolute Gasteiger partial charge is 0.234 e. The zero-order valence-electron chi connectivity index (χ0n) is 17.5. The third-order valence-electron chi connectivity index (χ3n) is 4.90. The summed E-state index contributed by atoms with van der Waals surface area (Å²) < 4.78 is 51.8. The molecule has 32 heavy (non-hydrogen) atoms. The van der Waals surface area contributed by atoms with Gasteiger partial charge in [0.05, 0.1) is 17.6 Å². The summed E-state index contributed by atoms with van der Waals surface area (Å²) >= 11 is 0. The van der Waals surface area contributed by atoms with Gasteiger partial charge in [0.15, 0.2) is 0 Å². The van der Waals surface area contributed by atoms with Crippen LogP contribution in [0.15, 0.2) is 87.1 Å². The van der Waals surface area contributed by atoms with Gasteiger partial charge < -0.3 is 14.5 Å². The monoisotopic (exact) mass is 452 g/mol. The molecule has 1 aromatic heterocycles. The number of anilines is 1. The first kappa shape index (κ1) is 21.6. The number of aryl methyl sites for hydroxylation is 1. The summed E-state index contributed by atoms with van der Waals surface area (Å²) in [6, 6.07) is 19.6. The number of hydrogen-bond acceptors (Lipinski definition) is 6. The number of oxazole rings is 1. The lowest BCUT2D eigenvalue weighted by molar-refractivity contribution is 0.414. The van der Waals surface area contributed by atoms with Crippen molar-refractivity contribution >= 4 is 15.7 Å². The Morgan fingerprint density at radius 3 is 2.34 bits per heavy atom. The summed E-state index contributed by atoms with van der Waals surface area (Å²) in [6.45, 7) is 2.14. The predicted octanol–water partition coefficient (Wildman–Crippen LogP) is 5.24. The third-order valence-corrected chi connectivity index (χ3v) is 6.58. The summed E-state index contributed by atoms with van der Waals surface area (Å²) in [5.74, 6) is -0.0294. The zero-order valence-corrected chi connectivity index (χ0v) is 18.3. The van der Waals surface area contributed by atoms with Crippen LogP contribution in [-0.4, -0.2) is 20.5 Å². The van der Waals surface area contributed by atoms with Crippen molar-refractivity contribution in [3.8, 4) is 17.2 Å².